The van der Waals surface area contributed by atoms with Gasteiger partial charge in [-0.1, -0.05) is 163 Å². The van der Waals surface area contributed by atoms with E-state index in [-0.39, 0.29) is 0 Å². The van der Waals surface area contributed by atoms with Crippen molar-refractivity contribution in [3.05, 3.63) is 233 Å². The topological polar surface area (TPSA) is 3.24 Å². The summed E-state index contributed by atoms with van der Waals surface area (Å²) in [4.78, 5) is 5.01. The fraction of sp³-hybridized carbons (Fsp3) is 0.0400. The van der Waals surface area contributed by atoms with E-state index < -0.39 is 10.8 Å². The normalized spacial score (nSPS) is 19.2. The summed E-state index contributed by atoms with van der Waals surface area (Å²) < 4.78 is 0. The van der Waals surface area contributed by atoms with Crippen molar-refractivity contribution in [2.75, 3.05) is 4.90 Å². The van der Waals surface area contributed by atoms with Gasteiger partial charge >= 0.3 is 0 Å². The van der Waals surface area contributed by atoms with Crippen LogP contribution in [0.25, 0.3) is 22.3 Å². The zero-order valence-electron chi connectivity index (χ0n) is 28.3. The van der Waals surface area contributed by atoms with Crippen LogP contribution < -0.4 is 4.90 Å². The highest BCUT2D eigenvalue weighted by molar-refractivity contribution is 7.99. The molecule has 0 saturated carbocycles. The predicted octanol–water partition coefficient (Wildman–Crippen LogP) is 12.7. The van der Waals surface area contributed by atoms with Gasteiger partial charge in [0.25, 0.3) is 0 Å². The van der Waals surface area contributed by atoms with E-state index in [2.05, 4.69) is 193 Å². The molecule has 0 N–H and O–H groups in total. The SMILES string of the molecule is c1ccc(C23c4ccccc4-c4cccc(c42)C2(c4ccccc4-c4cc(N5c6ccccc6Sc6ccccc65)ccc42)c2ccccc23)cc1. The highest BCUT2D eigenvalue weighted by Gasteiger charge is 2.59. The van der Waals surface area contributed by atoms with E-state index in [9.17, 15) is 0 Å². The second-order valence-electron chi connectivity index (χ2n) is 14.3. The molecule has 0 fully saturated rings. The molecule has 0 aromatic heterocycles. The van der Waals surface area contributed by atoms with Gasteiger partial charge in [-0.2, -0.15) is 0 Å². The Morgan fingerprint density at radius 3 is 1.56 bits per heavy atom. The molecule has 0 radical (unpaired) electrons. The number of benzene rings is 8. The van der Waals surface area contributed by atoms with Gasteiger partial charge in [-0.15, -0.1) is 0 Å². The second kappa shape index (κ2) is 10.3. The van der Waals surface area contributed by atoms with Gasteiger partial charge < -0.3 is 4.90 Å². The molecule has 0 amide bonds. The van der Waals surface area contributed by atoms with Crippen LogP contribution in [0.3, 0.4) is 0 Å². The van der Waals surface area contributed by atoms with Gasteiger partial charge in [0.05, 0.1) is 22.2 Å². The maximum Gasteiger partial charge on any atom is 0.0720 e. The molecular formula is C50H31NS. The lowest BCUT2D eigenvalue weighted by molar-refractivity contribution is 0.636. The van der Waals surface area contributed by atoms with E-state index in [4.69, 9.17) is 0 Å². The minimum absolute atomic E-state index is 0.428. The molecule has 1 aliphatic heterocycles. The fourth-order valence-corrected chi connectivity index (χ4v) is 11.4. The molecule has 2 unspecified atom stereocenters. The van der Waals surface area contributed by atoms with Gasteiger partial charge in [0, 0.05) is 15.5 Å². The summed E-state index contributed by atoms with van der Waals surface area (Å²) in [5.41, 5.74) is 18.9. The van der Waals surface area contributed by atoms with Crippen LogP contribution in [0, 0.1) is 0 Å². The summed E-state index contributed by atoms with van der Waals surface area (Å²) >= 11 is 1.86. The third-order valence-electron chi connectivity index (χ3n) is 12.1. The fourth-order valence-electron chi connectivity index (χ4n) is 10.4. The lowest BCUT2D eigenvalue weighted by atomic mass is 9.52. The molecule has 2 atom stereocenters. The number of nitrogens with zero attached hydrogens (tertiary/aromatic N) is 1. The molecule has 12 rings (SSSR count). The van der Waals surface area contributed by atoms with Crippen LogP contribution in [0.5, 0.6) is 0 Å². The predicted molar refractivity (Wildman–Crippen MR) is 213 cm³/mol. The molecule has 52 heavy (non-hydrogen) atoms. The quantitative estimate of drug-likeness (QED) is 0.179. The molecule has 1 nitrogen and oxygen atoms in total. The summed E-state index contributed by atoms with van der Waals surface area (Å²) in [5, 5.41) is 0. The molecule has 0 saturated heterocycles. The Morgan fingerprint density at radius 2 is 0.846 bits per heavy atom. The maximum absolute atomic E-state index is 2.46. The molecule has 8 aromatic rings. The first-order valence-electron chi connectivity index (χ1n) is 18.1. The van der Waals surface area contributed by atoms with Crippen molar-refractivity contribution in [1.82, 2.24) is 0 Å². The number of hydrogen-bond acceptors (Lipinski definition) is 2. The highest BCUT2D eigenvalue weighted by Crippen LogP contribution is 2.68. The van der Waals surface area contributed by atoms with Crippen molar-refractivity contribution in [3.63, 3.8) is 0 Å². The third kappa shape index (κ3) is 3.33. The minimum atomic E-state index is -0.486. The smallest absolute Gasteiger partial charge is 0.0720 e. The maximum atomic E-state index is 2.46. The number of anilines is 3. The van der Waals surface area contributed by atoms with Crippen molar-refractivity contribution in [2.45, 2.75) is 20.6 Å². The van der Waals surface area contributed by atoms with Gasteiger partial charge in [0.2, 0.25) is 0 Å². The number of hydrogen-bond donors (Lipinski definition) is 0. The second-order valence-corrected chi connectivity index (χ2v) is 15.4. The molecule has 4 aliphatic rings. The van der Waals surface area contributed by atoms with E-state index in [1.807, 2.05) is 11.8 Å². The molecule has 1 heterocycles. The van der Waals surface area contributed by atoms with Crippen LogP contribution in [-0.4, -0.2) is 0 Å². The summed E-state index contributed by atoms with van der Waals surface area (Å²) in [6.45, 7) is 0. The van der Waals surface area contributed by atoms with Crippen LogP contribution in [0.4, 0.5) is 17.1 Å². The largest absolute Gasteiger partial charge is 0.308 e. The van der Waals surface area contributed by atoms with E-state index >= 15 is 0 Å². The van der Waals surface area contributed by atoms with Crippen LogP contribution in [-0.2, 0) is 10.8 Å². The van der Waals surface area contributed by atoms with Crippen molar-refractivity contribution in [2.24, 2.45) is 0 Å². The average molecular weight is 678 g/mol. The van der Waals surface area contributed by atoms with Crippen molar-refractivity contribution >= 4 is 28.8 Å². The lowest BCUT2D eigenvalue weighted by Gasteiger charge is -2.48. The summed E-state index contributed by atoms with van der Waals surface area (Å²) in [5.74, 6) is 0. The standard InChI is InChI=1S/C50H31NS/c1-2-15-32(16-3-1)49-38-20-6-4-17-34(38)36-19-14-24-43(48(36)49)50(42-23-9-8-22-41(42)49)39-21-7-5-18-35(39)37-31-33(29-30-40(37)50)51-44-25-10-12-27-46(44)52-47-28-13-11-26-45(47)51/h1-31H. The molecule has 8 aromatic carbocycles. The van der Waals surface area contributed by atoms with Crippen LogP contribution in [0.2, 0.25) is 0 Å². The first kappa shape index (κ1) is 28.6. The first-order chi connectivity index (χ1) is 25.8. The molecule has 242 valence electrons. The Labute approximate surface area is 307 Å². The summed E-state index contributed by atoms with van der Waals surface area (Å²) in [6, 6.07) is 70.9. The van der Waals surface area contributed by atoms with Crippen molar-refractivity contribution < 1.29 is 0 Å². The van der Waals surface area contributed by atoms with Crippen LogP contribution >= 0.6 is 11.8 Å². The molecular weight excluding hydrogens is 647 g/mol. The van der Waals surface area contributed by atoms with Crippen molar-refractivity contribution in [1.29, 1.82) is 0 Å². The zero-order valence-corrected chi connectivity index (χ0v) is 29.1. The van der Waals surface area contributed by atoms with Gasteiger partial charge in [-0.25, -0.2) is 0 Å². The van der Waals surface area contributed by atoms with Crippen molar-refractivity contribution in [3.8, 4) is 22.3 Å². The van der Waals surface area contributed by atoms with Crippen LogP contribution in [0.1, 0.15) is 44.5 Å². The molecule has 1 spiro atoms. The monoisotopic (exact) mass is 677 g/mol. The first-order valence-corrected chi connectivity index (χ1v) is 18.9. The van der Waals surface area contributed by atoms with Gasteiger partial charge in [-0.05, 0) is 103 Å². The Balaban J connectivity index is 1.19. The van der Waals surface area contributed by atoms with Gasteiger partial charge in [0.15, 0.2) is 0 Å². The van der Waals surface area contributed by atoms with E-state index in [0.717, 1.165) is 0 Å². The molecule has 0 bridgehead atoms. The summed E-state index contributed by atoms with van der Waals surface area (Å²) in [6.07, 6.45) is 0. The van der Waals surface area contributed by atoms with Gasteiger partial charge in [0.1, 0.15) is 0 Å². The van der Waals surface area contributed by atoms with Gasteiger partial charge in [-0.3, -0.25) is 0 Å². The average Bonchev–Trinajstić information content (AvgIpc) is 3.68. The Bertz CT molecular complexity index is 2750. The molecule has 2 heteroatoms. The van der Waals surface area contributed by atoms with Crippen LogP contribution in [0.15, 0.2) is 198 Å². The number of fused-ring (bicyclic) bond motifs is 14. The Morgan fingerprint density at radius 1 is 0.346 bits per heavy atom. The molecule has 3 aliphatic carbocycles. The van der Waals surface area contributed by atoms with E-state index in [0.29, 0.717) is 0 Å². The lowest BCUT2D eigenvalue weighted by Crippen LogP contribution is -2.43. The third-order valence-corrected chi connectivity index (χ3v) is 13.3. The Kier molecular flexibility index (Phi) is 5.64. The highest BCUT2D eigenvalue weighted by atomic mass is 32.2. The van der Waals surface area contributed by atoms with E-state index in [1.54, 1.807) is 0 Å². The summed E-state index contributed by atoms with van der Waals surface area (Å²) in [7, 11) is 0. The van der Waals surface area contributed by atoms with E-state index in [1.165, 1.54) is 93.6 Å². The number of para-hydroxylation sites is 2. The Hall–Kier alpha value is -6.09. The zero-order chi connectivity index (χ0) is 34.0. The minimum Gasteiger partial charge on any atom is -0.308 e. The number of rotatable bonds is 2.